The van der Waals surface area contributed by atoms with Gasteiger partial charge in [-0.3, -0.25) is 0 Å². The second-order valence-corrected chi connectivity index (χ2v) is 3.78. The summed E-state index contributed by atoms with van der Waals surface area (Å²) in [6, 6.07) is 0.497. The number of nitrogens with one attached hydrogen (secondary N) is 2. The Bertz CT molecular complexity index is 243. The Hall–Kier alpha value is -1.07. The predicted octanol–water partition coefficient (Wildman–Crippen LogP) is 1.36. The minimum atomic E-state index is -0.682. The van der Waals surface area contributed by atoms with Gasteiger partial charge in [-0.15, -0.1) is 0 Å². The summed E-state index contributed by atoms with van der Waals surface area (Å²) in [5, 5.41) is 3.25. The lowest BCUT2D eigenvalue weighted by Gasteiger charge is -2.21. The Morgan fingerprint density at radius 3 is 2.81 bits per heavy atom. The van der Waals surface area contributed by atoms with Gasteiger partial charge in [0.15, 0.2) is 0 Å². The zero-order valence-electron chi connectivity index (χ0n) is 9.86. The Labute approximate surface area is 96.1 Å². The first-order chi connectivity index (χ1) is 7.76. The van der Waals surface area contributed by atoms with Gasteiger partial charge in [0.25, 0.3) is 0 Å². The van der Waals surface area contributed by atoms with Crippen molar-refractivity contribution in [1.29, 1.82) is 0 Å². The molecule has 2 atom stereocenters. The van der Waals surface area contributed by atoms with Gasteiger partial charge >= 0.3 is 6.16 Å². The highest BCUT2D eigenvalue weighted by Crippen LogP contribution is 2.15. The van der Waals surface area contributed by atoms with Gasteiger partial charge in [0, 0.05) is 13.1 Å². The van der Waals surface area contributed by atoms with Crippen LogP contribution in [0.2, 0.25) is 0 Å². The highest BCUT2D eigenvalue weighted by Gasteiger charge is 2.16. The minimum absolute atomic E-state index is 0.183. The number of hydrogen-bond donors (Lipinski definition) is 2. The fourth-order valence-electron chi connectivity index (χ4n) is 1.77. The first-order valence-corrected chi connectivity index (χ1v) is 5.64. The van der Waals surface area contributed by atoms with Gasteiger partial charge in [0.2, 0.25) is 0 Å². The molecule has 0 aromatic carbocycles. The quantitative estimate of drug-likeness (QED) is 0.434. The Balaban J connectivity index is 2.40. The lowest BCUT2D eigenvalue weighted by Crippen LogP contribution is -2.29. The third-order valence-corrected chi connectivity index (χ3v) is 2.67. The number of ether oxygens (including phenoxy) is 1. The van der Waals surface area contributed by atoms with E-state index in [1.54, 1.807) is 0 Å². The van der Waals surface area contributed by atoms with Crippen molar-refractivity contribution in [2.75, 3.05) is 14.1 Å². The van der Waals surface area contributed by atoms with E-state index in [0.29, 0.717) is 6.04 Å². The van der Waals surface area contributed by atoms with Crippen molar-refractivity contribution in [3.05, 3.63) is 12.2 Å². The second kappa shape index (κ2) is 7.24. The van der Waals surface area contributed by atoms with E-state index in [1.807, 2.05) is 13.1 Å². The standard InChI is InChI=1S/C11H20N2O3/c1-12-9-5-3-4-6-10(8-7-9)15-11(14)16-13-2/h4,6,9-10,12-13H,3,5,7-8H2,1-2H3. The fraction of sp³-hybridized carbons (Fsp3) is 0.727. The van der Waals surface area contributed by atoms with Gasteiger partial charge in [-0.1, -0.05) is 6.08 Å². The van der Waals surface area contributed by atoms with Crippen molar-refractivity contribution in [3.63, 3.8) is 0 Å². The molecule has 0 aromatic rings. The van der Waals surface area contributed by atoms with Crippen LogP contribution in [0.1, 0.15) is 25.7 Å². The molecule has 5 heteroatoms. The molecule has 16 heavy (non-hydrogen) atoms. The molecule has 2 unspecified atom stereocenters. The molecule has 0 spiro atoms. The predicted molar refractivity (Wildman–Crippen MR) is 60.9 cm³/mol. The molecule has 0 aromatic heterocycles. The molecule has 0 radical (unpaired) electrons. The summed E-state index contributed by atoms with van der Waals surface area (Å²) in [5.74, 6) is 0. The monoisotopic (exact) mass is 228 g/mol. The van der Waals surface area contributed by atoms with Crippen LogP contribution in [0.5, 0.6) is 0 Å². The van der Waals surface area contributed by atoms with E-state index in [2.05, 4.69) is 21.7 Å². The second-order valence-electron chi connectivity index (χ2n) is 3.78. The highest BCUT2D eigenvalue weighted by molar-refractivity contribution is 5.59. The molecule has 0 saturated carbocycles. The van der Waals surface area contributed by atoms with E-state index >= 15 is 0 Å². The van der Waals surface area contributed by atoms with Gasteiger partial charge in [-0.2, -0.15) is 5.48 Å². The Morgan fingerprint density at radius 2 is 2.12 bits per heavy atom. The van der Waals surface area contributed by atoms with Gasteiger partial charge in [-0.25, -0.2) is 4.79 Å². The van der Waals surface area contributed by atoms with Crippen molar-refractivity contribution < 1.29 is 14.4 Å². The molecular weight excluding hydrogens is 208 g/mol. The molecule has 1 rings (SSSR count). The molecule has 0 amide bonds. The summed E-state index contributed by atoms with van der Waals surface area (Å²) in [5.41, 5.74) is 2.29. The van der Waals surface area contributed by atoms with E-state index in [4.69, 9.17) is 4.74 Å². The van der Waals surface area contributed by atoms with Crippen molar-refractivity contribution in [2.45, 2.75) is 37.8 Å². The maximum Gasteiger partial charge on any atom is 0.528 e. The first kappa shape index (κ1) is 13.0. The maximum atomic E-state index is 11.1. The molecule has 92 valence electrons. The molecule has 5 nitrogen and oxygen atoms in total. The third kappa shape index (κ3) is 4.63. The van der Waals surface area contributed by atoms with Crippen LogP contribution < -0.4 is 10.8 Å². The minimum Gasteiger partial charge on any atom is -0.426 e. The van der Waals surface area contributed by atoms with Gasteiger partial charge in [-0.05, 0) is 38.8 Å². The van der Waals surface area contributed by atoms with Gasteiger partial charge < -0.3 is 14.9 Å². The van der Waals surface area contributed by atoms with Gasteiger partial charge in [0.05, 0.1) is 0 Å². The average molecular weight is 228 g/mol. The number of hydrogen-bond acceptors (Lipinski definition) is 5. The molecule has 0 heterocycles. The van der Waals surface area contributed by atoms with Crippen LogP contribution in [0.25, 0.3) is 0 Å². The lowest BCUT2D eigenvalue weighted by molar-refractivity contribution is 0.00679. The van der Waals surface area contributed by atoms with Crippen molar-refractivity contribution >= 4 is 6.16 Å². The van der Waals surface area contributed by atoms with E-state index in [9.17, 15) is 4.79 Å². The Kier molecular flexibility index (Phi) is 5.88. The zero-order chi connectivity index (χ0) is 11.8. The first-order valence-electron chi connectivity index (χ1n) is 5.64. The van der Waals surface area contributed by atoms with E-state index in [0.717, 1.165) is 25.7 Å². The number of carbonyl (C=O) groups is 1. The van der Waals surface area contributed by atoms with Crippen LogP contribution in [-0.2, 0) is 9.57 Å². The molecule has 0 aliphatic heterocycles. The van der Waals surface area contributed by atoms with E-state index in [-0.39, 0.29) is 6.10 Å². The maximum absolute atomic E-state index is 11.1. The normalized spacial score (nSPS) is 25.6. The van der Waals surface area contributed by atoms with E-state index < -0.39 is 6.16 Å². The van der Waals surface area contributed by atoms with Crippen molar-refractivity contribution in [2.24, 2.45) is 0 Å². The van der Waals surface area contributed by atoms with Crippen LogP contribution in [-0.4, -0.2) is 32.4 Å². The number of allylic oxidation sites excluding steroid dienone is 1. The van der Waals surface area contributed by atoms with Crippen molar-refractivity contribution in [1.82, 2.24) is 10.8 Å². The Morgan fingerprint density at radius 1 is 1.31 bits per heavy atom. The molecular formula is C11H20N2O3. The van der Waals surface area contributed by atoms with Gasteiger partial charge in [0.1, 0.15) is 6.10 Å². The number of rotatable bonds is 3. The van der Waals surface area contributed by atoms with Crippen LogP contribution in [0, 0.1) is 0 Å². The van der Waals surface area contributed by atoms with Crippen molar-refractivity contribution in [3.8, 4) is 0 Å². The van der Waals surface area contributed by atoms with Crippen LogP contribution in [0.4, 0.5) is 4.79 Å². The summed E-state index contributed by atoms with van der Waals surface area (Å²) >= 11 is 0. The summed E-state index contributed by atoms with van der Waals surface area (Å²) in [6.45, 7) is 0. The number of carbonyl (C=O) groups excluding carboxylic acids is 1. The van der Waals surface area contributed by atoms with Crippen LogP contribution in [0.15, 0.2) is 12.2 Å². The molecule has 0 fully saturated rings. The number of hydroxylamine groups is 1. The molecule has 0 bridgehead atoms. The molecule has 0 saturated heterocycles. The molecule has 1 aliphatic rings. The van der Waals surface area contributed by atoms with Crippen LogP contribution >= 0.6 is 0 Å². The summed E-state index contributed by atoms with van der Waals surface area (Å²) in [6.07, 6.45) is 7.08. The van der Waals surface area contributed by atoms with Crippen LogP contribution in [0.3, 0.4) is 0 Å². The zero-order valence-corrected chi connectivity index (χ0v) is 9.86. The van der Waals surface area contributed by atoms with E-state index in [1.165, 1.54) is 7.05 Å². The largest absolute Gasteiger partial charge is 0.528 e. The SMILES string of the molecule is CNOC(=O)OC1C=CCCC(NC)CC1. The summed E-state index contributed by atoms with van der Waals surface area (Å²) < 4.78 is 5.12. The molecule has 2 N–H and O–H groups in total. The third-order valence-electron chi connectivity index (χ3n) is 2.67. The topological polar surface area (TPSA) is 59.6 Å². The summed E-state index contributed by atoms with van der Waals surface area (Å²) in [4.78, 5) is 15.6. The molecule has 1 aliphatic carbocycles. The fourth-order valence-corrected chi connectivity index (χ4v) is 1.77. The average Bonchev–Trinajstić information content (AvgIpc) is 2.23. The summed E-state index contributed by atoms with van der Waals surface area (Å²) in [7, 11) is 3.48. The smallest absolute Gasteiger partial charge is 0.426 e. The highest BCUT2D eigenvalue weighted by atomic mass is 16.8. The lowest BCUT2D eigenvalue weighted by atomic mass is 10.00.